The highest BCUT2D eigenvalue weighted by Gasteiger charge is 2.13. The van der Waals surface area contributed by atoms with Gasteiger partial charge in [-0.25, -0.2) is 0 Å². The predicted octanol–water partition coefficient (Wildman–Crippen LogP) is 2.66. The number of ether oxygens (including phenoxy) is 1. The van der Waals surface area contributed by atoms with Crippen molar-refractivity contribution < 1.29 is 4.74 Å². The molecule has 2 rings (SSSR count). The van der Waals surface area contributed by atoms with Crippen LogP contribution >= 0.6 is 12.2 Å². The maximum absolute atomic E-state index is 12.4. The van der Waals surface area contributed by atoms with Gasteiger partial charge in [0, 0.05) is 7.11 Å². The van der Waals surface area contributed by atoms with Crippen LogP contribution in [0.1, 0.15) is 19.4 Å². The Hall–Kier alpha value is -1.46. The number of hydrogen-bond acceptors (Lipinski definition) is 3. The minimum Gasteiger partial charge on any atom is -0.383 e. The van der Waals surface area contributed by atoms with Gasteiger partial charge in [0.05, 0.1) is 23.6 Å². The summed E-state index contributed by atoms with van der Waals surface area (Å²) >= 11 is 5.28. The number of fused-ring (bicyclic) bond motifs is 1. The minimum absolute atomic E-state index is 0.0316. The molecule has 1 unspecified atom stereocenters. The Morgan fingerprint density at radius 3 is 2.83 bits per heavy atom. The van der Waals surface area contributed by atoms with Gasteiger partial charge in [0.25, 0.3) is 5.56 Å². The lowest BCUT2D eigenvalue weighted by Gasteiger charge is -2.17. The van der Waals surface area contributed by atoms with E-state index in [1.807, 2.05) is 25.1 Å². The summed E-state index contributed by atoms with van der Waals surface area (Å²) in [5.41, 5.74) is 0.717. The van der Waals surface area contributed by atoms with Crippen LogP contribution in [0.2, 0.25) is 0 Å². The molecular weight excluding hydrogens is 248 g/mol. The molecule has 0 aliphatic rings. The Bertz CT molecular complexity index is 660. The first-order valence-corrected chi connectivity index (χ1v) is 6.32. The standard InChI is InChI=1S/C13H16N2O2S/c1-3-9(8-17-2)15-12(16)10-6-4-5-7-11(10)14-13(15)18/h4-7,9H,3,8H2,1-2H3,(H,14,18). The Kier molecular flexibility index (Phi) is 3.93. The van der Waals surface area contributed by atoms with Crippen molar-refractivity contribution >= 4 is 23.1 Å². The fourth-order valence-electron chi connectivity index (χ4n) is 2.08. The van der Waals surface area contributed by atoms with Crippen LogP contribution in [-0.2, 0) is 4.74 Å². The van der Waals surface area contributed by atoms with Gasteiger partial charge in [0.15, 0.2) is 4.77 Å². The average molecular weight is 264 g/mol. The Balaban J connectivity index is 2.71. The first-order valence-electron chi connectivity index (χ1n) is 5.91. The number of methoxy groups -OCH3 is 1. The molecular formula is C13H16N2O2S. The molecule has 1 heterocycles. The highest BCUT2D eigenvalue weighted by Crippen LogP contribution is 2.13. The maximum Gasteiger partial charge on any atom is 0.262 e. The largest absolute Gasteiger partial charge is 0.383 e. The summed E-state index contributed by atoms with van der Waals surface area (Å²) < 4.78 is 7.21. The molecule has 0 spiro atoms. The molecule has 0 aliphatic carbocycles. The van der Waals surface area contributed by atoms with E-state index in [9.17, 15) is 4.79 Å². The molecule has 5 heteroatoms. The molecule has 2 aromatic rings. The predicted molar refractivity (Wildman–Crippen MR) is 74.6 cm³/mol. The van der Waals surface area contributed by atoms with Gasteiger partial charge in [-0.1, -0.05) is 19.1 Å². The van der Waals surface area contributed by atoms with E-state index >= 15 is 0 Å². The zero-order valence-electron chi connectivity index (χ0n) is 10.5. The molecule has 0 saturated heterocycles. The van der Waals surface area contributed by atoms with E-state index in [-0.39, 0.29) is 11.6 Å². The van der Waals surface area contributed by atoms with Crippen LogP contribution in [-0.4, -0.2) is 23.3 Å². The van der Waals surface area contributed by atoms with Gasteiger partial charge in [-0.2, -0.15) is 0 Å². The van der Waals surface area contributed by atoms with E-state index in [0.717, 1.165) is 11.9 Å². The van der Waals surface area contributed by atoms with E-state index in [2.05, 4.69) is 4.98 Å². The summed E-state index contributed by atoms with van der Waals surface area (Å²) in [6, 6.07) is 7.36. The highest BCUT2D eigenvalue weighted by molar-refractivity contribution is 7.71. The molecule has 0 aliphatic heterocycles. The van der Waals surface area contributed by atoms with Gasteiger partial charge in [-0.05, 0) is 30.8 Å². The number of nitrogens with one attached hydrogen (secondary N) is 1. The van der Waals surface area contributed by atoms with Gasteiger partial charge in [-0.3, -0.25) is 9.36 Å². The minimum atomic E-state index is -0.0572. The molecule has 0 radical (unpaired) electrons. The molecule has 0 amide bonds. The number of nitrogens with zero attached hydrogens (tertiary/aromatic N) is 1. The van der Waals surface area contributed by atoms with Crippen molar-refractivity contribution in [3.63, 3.8) is 0 Å². The van der Waals surface area contributed by atoms with Gasteiger partial charge in [-0.15, -0.1) is 0 Å². The monoisotopic (exact) mass is 264 g/mol. The molecule has 1 aromatic carbocycles. The number of benzene rings is 1. The third-order valence-corrected chi connectivity index (χ3v) is 3.33. The normalized spacial score (nSPS) is 12.8. The number of para-hydroxylation sites is 1. The van der Waals surface area contributed by atoms with Gasteiger partial charge in [0.1, 0.15) is 0 Å². The fraction of sp³-hybridized carbons (Fsp3) is 0.385. The smallest absolute Gasteiger partial charge is 0.262 e. The van der Waals surface area contributed by atoms with Crippen molar-refractivity contribution in [1.82, 2.24) is 9.55 Å². The number of rotatable bonds is 4. The van der Waals surface area contributed by atoms with Crippen molar-refractivity contribution in [1.29, 1.82) is 0 Å². The second-order valence-electron chi connectivity index (χ2n) is 4.17. The SMILES string of the molecule is CCC(COC)n1c(=S)[nH]c2ccccc2c1=O. The lowest BCUT2D eigenvalue weighted by Crippen LogP contribution is -2.28. The summed E-state index contributed by atoms with van der Waals surface area (Å²) in [5.74, 6) is 0. The second kappa shape index (κ2) is 5.46. The lowest BCUT2D eigenvalue weighted by atomic mass is 10.2. The molecule has 0 bridgehead atoms. The molecule has 1 aromatic heterocycles. The first-order chi connectivity index (χ1) is 8.69. The molecule has 1 atom stereocenters. The lowest BCUT2D eigenvalue weighted by molar-refractivity contribution is 0.150. The zero-order valence-corrected chi connectivity index (χ0v) is 11.3. The number of H-pyrrole nitrogens is 1. The van der Waals surface area contributed by atoms with E-state index in [4.69, 9.17) is 17.0 Å². The van der Waals surface area contributed by atoms with Crippen molar-refractivity contribution in [3.05, 3.63) is 39.4 Å². The van der Waals surface area contributed by atoms with Crippen LogP contribution < -0.4 is 5.56 Å². The Labute approximate surface area is 110 Å². The quantitative estimate of drug-likeness (QED) is 0.864. The average Bonchev–Trinajstić information content (AvgIpc) is 2.37. The van der Waals surface area contributed by atoms with E-state index < -0.39 is 0 Å². The number of hydrogen-bond donors (Lipinski definition) is 1. The Morgan fingerprint density at radius 1 is 1.44 bits per heavy atom. The van der Waals surface area contributed by atoms with Crippen LogP contribution in [0.25, 0.3) is 10.9 Å². The molecule has 0 fully saturated rings. The Morgan fingerprint density at radius 2 is 2.17 bits per heavy atom. The van der Waals surface area contributed by atoms with Crippen LogP contribution in [0.5, 0.6) is 0 Å². The number of aromatic amines is 1. The van der Waals surface area contributed by atoms with Crippen molar-refractivity contribution in [2.24, 2.45) is 0 Å². The van der Waals surface area contributed by atoms with Crippen molar-refractivity contribution in [2.75, 3.05) is 13.7 Å². The topological polar surface area (TPSA) is 47.0 Å². The van der Waals surface area contributed by atoms with Crippen LogP contribution in [0.3, 0.4) is 0 Å². The van der Waals surface area contributed by atoms with Crippen LogP contribution in [0.15, 0.2) is 29.1 Å². The molecule has 4 nitrogen and oxygen atoms in total. The van der Waals surface area contributed by atoms with Crippen molar-refractivity contribution in [3.8, 4) is 0 Å². The maximum atomic E-state index is 12.4. The van der Waals surface area contributed by atoms with Crippen LogP contribution in [0, 0.1) is 4.77 Å². The molecule has 1 N–H and O–H groups in total. The zero-order chi connectivity index (χ0) is 13.1. The molecule has 0 saturated carbocycles. The summed E-state index contributed by atoms with van der Waals surface area (Å²) in [6.07, 6.45) is 0.795. The second-order valence-corrected chi connectivity index (χ2v) is 4.56. The van der Waals surface area contributed by atoms with E-state index in [1.165, 1.54) is 0 Å². The highest BCUT2D eigenvalue weighted by atomic mass is 32.1. The van der Waals surface area contributed by atoms with Gasteiger partial charge in [0.2, 0.25) is 0 Å². The summed E-state index contributed by atoms with van der Waals surface area (Å²) in [4.78, 5) is 15.5. The third-order valence-electron chi connectivity index (χ3n) is 3.03. The van der Waals surface area contributed by atoms with Crippen molar-refractivity contribution in [2.45, 2.75) is 19.4 Å². The summed E-state index contributed by atoms with van der Waals surface area (Å²) in [7, 11) is 1.63. The van der Waals surface area contributed by atoms with Crippen LogP contribution in [0.4, 0.5) is 0 Å². The summed E-state index contributed by atoms with van der Waals surface area (Å²) in [5, 5.41) is 0.653. The van der Waals surface area contributed by atoms with E-state index in [0.29, 0.717) is 16.8 Å². The van der Waals surface area contributed by atoms with E-state index in [1.54, 1.807) is 17.7 Å². The van der Waals surface area contributed by atoms with Gasteiger partial charge >= 0.3 is 0 Å². The summed E-state index contributed by atoms with van der Waals surface area (Å²) in [6.45, 7) is 2.49. The first kappa shape index (κ1) is 13.0. The third kappa shape index (κ3) is 2.23. The number of aromatic nitrogens is 2. The molecule has 96 valence electrons. The fourth-order valence-corrected chi connectivity index (χ4v) is 2.42. The molecule has 18 heavy (non-hydrogen) atoms. The van der Waals surface area contributed by atoms with Gasteiger partial charge < -0.3 is 9.72 Å².